The van der Waals surface area contributed by atoms with E-state index in [9.17, 15) is 14.4 Å². The number of aliphatic carboxylic acids is 1. The fraction of sp³-hybridized carbons (Fsp3) is 0.286. The molecule has 0 aliphatic heterocycles. The lowest BCUT2D eigenvalue weighted by Crippen LogP contribution is -2.50. The Kier molecular flexibility index (Phi) is 8.17. The average molecular weight is 384 g/mol. The van der Waals surface area contributed by atoms with Crippen LogP contribution < -0.4 is 11.1 Å². The number of hydrogen-bond donors (Lipinski definition) is 3. The molecule has 0 saturated carbocycles. The van der Waals surface area contributed by atoms with Gasteiger partial charge in [-0.25, -0.2) is 4.79 Å². The number of esters is 1. The second-order valence-corrected chi connectivity index (χ2v) is 6.36. The smallest absolute Gasteiger partial charge is 0.328 e. The molecule has 0 heterocycles. The second-order valence-electron chi connectivity index (χ2n) is 6.36. The van der Waals surface area contributed by atoms with Crippen LogP contribution in [0.4, 0.5) is 0 Å². The molecule has 28 heavy (non-hydrogen) atoms. The van der Waals surface area contributed by atoms with Crippen molar-refractivity contribution in [1.82, 2.24) is 5.32 Å². The normalized spacial score (nSPS) is 12.6. The van der Waals surface area contributed by atoms with Crippen molar-refractivity contribution in [3.63, 3.8) is 0 Å². The van der Waals surface area contributed by atoms with Crippen LogP contribution in [-0.4, -0.2) is 41.6 Å². The minimum atomic E-state index is -1.24. The molecule has 148 valence electrons. The first kappa shape index (κ1) is 21.1. The zero-order chi connectivity index (χ0) is 20.4. The number of nitrogens with two attached hydrogens (primary N) is 1. The number of hydrogen-bond acceptors (Lipinski definition) is 5. The van der Waals surface area contributed by atoms with Crippen LogP contribution in [0.2, 0.25) is 0 Å². The lowest BCUT2D eigenvalue weighted by Gasteiger charge is -2.20. The SMILES string of the molecule is NC(CC(=O)O)C(=O)NC(Cc1ccccc1)C(=O)OCCc1ccccc1. The highest BCUT2D eigenvalue weighted by Crippen LogP contribution is 2.07. The van der Waals surface area contributed by atoms with Gasteiger partial charge >= 0.3 is 11.9 Å². The molecule has 2 aromatic rings. The number of carbonyl (C=O) groups excluding carboxylic acids is 2. The van der Waals surface area contributed by atoms with E-state index in [1.807, 2.05) is 60.7 Å². The van der Waals surface area contributed by atoms with Crippen LogP contribution in [0.5, 0.6) is 0 Å². The predicted octanol–water partition coefficient (Wildman–Crippen LogP) is 1.30. The topological polar surface area (TPSA) is 119 Å². The molecule has 1 amide bonds. The Balaban J connectivity index is 1.98. The van der Waals surface area contributed by atoms with Crippen molar-refractivity contribution in [2.45, 2.75) is 31.3 Å². The summed E-state index contributed by atoms with van der Waals surface area (Å²) in [4.78, 5) is 35.4. The van der Waals surface area contributed by atoms with Gasteiger partial charge in [0.15, 0.2) is 0 Å². The van der Waals surface area contributed by atoms with Crippen molar-refractivity contribution in [3.8, 4) is 0 Å². The van der Waals surface area contributed by atoms with E-state index in [1.165, 1.54) is 0 Å². The Morgan fingerprint density at radius 3 is 2.11 bits per heavy atom. The third-order valence-electron chi connectivity index (χ3n) is 4.09. The minimum absolute atomic E-state index is 0.172. The molecule has 0 bridgehead atoms. The summed E-state index contributed by atoms with van der Waals surface area (Å²) in [6.45, 7) is 0.172. The molecule has 0 fully saturated rings. The number of ether oxygens (including phenoxy) is 1. The summed E-state index contributed by atoms with van der Waals surface area (Å²) < 4.78 is 5.33. The summed E-state index contributed by atoms with van der Waals surface area (Å²) in [6, 6.07) is 16.5. The van der Waals surface area contributed by atoms with Crippen LogP contribution in [0.1, 0.15) is 17.5 Å². The molecule has 7 heteroatoms. The Morgan fingerprint density at radius 2 is 1.54 bits per heavy atom. The Morgan fingerprint density at radius 1 is 0.964 bits per heavy atom. The molecule has 0 saturated heterocycles. The fourth-order valence-corrected chi connectivity index (χ4v) is 2.62. The maximum Gasteiger partial charge on any atom is 0.328 e. The Labute approximate surface area is 163 Å². The molecule has 0 aliphatic rings. The van der Waals surface area contributed by atoms with Gasteiger partial charge in [0.2, 0.25) is 5.91 Å². The van der Waals surface area contributed by atoms with E-state index in [1.54, 1.807) is 0 Å². The van der Waals surface area contributed by atoms with Gasteiger partial charge in [-0.3, -0.25) is 9.59 Å². The first-order valence-corrected chi connectivity index (χ1v) is 8.98. The summed E-state index contributed by atoms with van der Waals surface area (Å²) in [6.07, 6.45) is 0.251. The van der Waals surface area contributed by atoms with Crippen LogP contribution in [0.3, 0.4) is 0 Å². The van der Waals surface area contributed by atoms with Gasteiger partial charge in [0.1, 0.15) is 6.04 Å². The number of rotatable bonds is 10. The van der Waals surface area contributed by atoms with Gasteiger partial charge in [-0.2, -0.15) is 0 Å². The van der Waals surface area contributed by atoms with Crippen LogP contribution in [-0.2, 0) is 32.0 Å². The molecule has 7 nitrogen and oxygen atoms in total. The van der Waals surface area contributed by atoms with Crippen molar-refractivity contribution >= 4 is 17.8 Å². The number of carbonyl (C=O) groups is 3. The van der Waals surface area contributed by atoms with E-state index in [0.29, 0.717) is 6.42 Å². The molecule has 0 spiro atoms. The van der Waals surface area contributed by atoms with E-state index in [4.69, 9.17) is 15.6 Å². The number of nitrogens with one attached hydrogen (secondary N) is 1. The highest BCUT2D eigenvalue weighted by Gasteiger charge is 2.26. The monoisotopic (exact) mass is 384 g/mol. The molecule has 4 N–H and O–H groups in total. The average Bonchev–Trinajstić information content (AvgIpc) is 2.68. The zero-order valence-corrected chi connectivity index (χ0v) is 15.4. The summed E-state index contributed by atoms with van der Waals surface area (Å²) in [7, 11) is 0. The molecular weight excluding hydrogens is 360 g/mol. The molecule has 0 radical (unpaired) electrons. The highest BCUT2D eigenvalue weighted by molar-refractivity contribution is 5.89. The lowest BCUT2D eigenvalue weighted by atomic mass is 10.1. The van der Waals surface area contributed by atoms with E-state index in [0.717, 1.165) is 11.1 Å². The van der Waals surface area contributed by atoms with Crippen molar-refractivity contribution < 1.29 is 24.2 Å². The maximum atomic E-state index is 12.5. The highest BCUT2D eigenvalue weighted by atomic mass is 16.5. The summed E-state index contributed by atoms with van der Waals surface area (Å²) in [5, 5.41) is 11.3. The first-order chi connectivity index (χ1) is 13.5. The van der Waals surface area contributed by atoms with Gasteiger partial charge < -0.3 is 20.9 Å². The molecule has 2 unspecified atom stereocenters. The van der Waals surface area contributed by atoms with Crippen LogP contribution in [0, 0.1) is 0 Å². The van der Waals surface area contributed by atoms with Gasteiger partial charge in [-0.05, 0) is 11.1 Å². The van der Waals surface area contributed by atoms with E-state index < -0.39 is 36.4 Å². The number of carboxylic acids is 1. The van der Waals surface area contributed by atoms with Gasteiger partial charge in [-0.1, -0.05) is 60.7 Å². The van der Waals surface area contributed by atoms with E-state index >= 15 is 0 Å². The minimum Gasteiger partial charge on any atom is -0.481 e. The standard InChI is InChI=1S/C21H24N2O5/c22-17(14-19(24)25)20(26)23-18(13-16-9-5-2-6-10-16)21(27)28-12-11-15-7-3-1-4-8-15/h1-10,17-18H,11-14,22H2,(H,23,26)(H,24,25). The van der Waals surface area contributed by atoms with Crippen molar-refractivity contribution in [1.29, 1.82) is 0 Å². The van der Waals surface area contributed by atoms with Crippen LogP contribution in [0.25, 0.3) is 0 Å². The molecule has 0 aromatic heterocycles. The lowest BCUT2D eigenvalue weighted by molar-refractivity contribution is -0.148. The maximum absolute atomic E-state index is 12.5. The quantitative estimate of drug-likeness (QED) is 0.531. The third kappa shape index (κ3) is 7.20. The van der Waals surface area contributed by atoms with Gasteiger partial charge in [-0.15, -0.1) is 0 Å². The number of carboxylic acid groups (broad SMARTS) is 1. The summed E-state index contributed by atoms with van der Waals surface area (Å²) in [5.41, 5.74) is 7.45. The summed E-state index contributed by atoms with van der Waals surface area (Å²) >= 11 is 0. The van der Waals surface area contributed by atoms with Crippen LogP contribution in [0.15, 0.2) is 60.7 Å². The second kappa shape index (κ2) is 10.8. The molecule has 2 rings (SSSR count). The predicted molar refractivity (Wildman–Crippen MR) is 103 cm³/mol. The molecule has 0 aliphatic carbocycles. The third-order valence-corrected chi connectivity index (χ3v) is 4.09. The van der Waals surface area contributed by atoms with Gasteiger partial charge in [0, 0.05) is 12.8 Å². The molecular formula is C21H24N2O5. The van der Waals surface area contributed by atoms with Crippen molar-refractivity contribution in [3.05, 3.63) is 71.8 Å². The number of amides is 1. The van der Waals surface area contributed by atoms with Crippen LogP contribution >= 0.6 is 0 Å². The van der Waals surface area contributed by atoms with Gasteiger partial charge in [0.25, 0.3) is 0 Å². The molecule has 2 aromatic carbocycles. The van der Waals surface area contributed by atoms with Crippen molar-refractivity contribution in [2.24, 2.45) is 5.73 Å². The molecule has 2 atom stereocenters. The Bertz CT molecular complexity index is 780. The first-order valence-electron chi connectivity index (χ1n) is 8.98. The largest absolute Gasteiger partial charge is 0.481 e. The fourth-order valence-electron chi connectivity index (χ4n) is 2.62. The summed E-state index contributed by atoms with van der Waals surface area (Å²) in [5.74, 6) is -2.48. The Hall–Kier alpha value is -3.19. The van der Waals surface area contributed by atoms with Crippen molar-refractivity contribution in [2.75, 3.05) is 6.61 Å². The van der Waals surface area contributed by atoms with E-state index in [2.05, 4.69) is 5.32 Å². The van der Waals surface area contributed by atoms with E-state index in [-0.39, 0.29) is 13.0 Å². The number of benzene rings is 2. The van der Waals surface area contributed by atoms with Gasteiger partial charge in [0.05, 0.1) is 19.1 Å². The zero-order valence-electron chi connectivity index (χ0n) is 15.4.